The molecule has 0 radical (unpaired) electrons. The molecule has 1 atom stereocenters. The third-order valence-corrected chi connectivity index (χ3v) is 10.6. The minimum absolute atomic E-state index is 0.158. The summed E-state index contributed by atoms with van der Waals surface area (Å²) in [7, 11) is -2.08. The van der Waals surface area contributed by atoms with Gasteiger partial charge in [0, 0.05) is 46.1 Å². The number of halogens is 3. The Morgan fingerprint density at radius 3 is 2.41 bits per heavy atom. The van der Waals surface area contributed by atoms with Gasteiger partial charge in [-0.15, -0.1) is 11.3 Å². The number of rotatable bonds is 7. The first-order chi connectivity index (χ1) is 19.7. The molecule has 0 bridgehead atoms. The van der Waals surface area contributed by atoms with E-state index in [1.165, 1.54) is 28.8 Å². The molecule has 6 rings (SSSR count). The van der Waals surface area contributed by atoms with E-state index >= 15 is 0 Å². The molecular weight excluding hydrogens is 606 g/mol. The molecule has 0 N–H and O–H groups in total. The molecule has 212 valence electrons. The van der Waals surface area contributed by atoms with Crippen molar-refractivity contribution in [2.75, 3.05) is 25.2 Å². The van der Waals surface area contributed by atoms with Crippen molar-refractivity contribution in [3.05, 3.63) is 93.0 Å². The Bertz CT molecular complexity index is 1740. The number of anilines is 1. The zero-order chi connectivity index (χ0) is 28.7. The predicted octanol–water partition coefficient (Wildman–Crippen LogP) is 7.40. The third-order valence-electron chi connectivity index (χ3n) is 7.26. The summed E-state index contributed by atoms with van der Waals surface area (Å²) in [5.41, 5.74) is 3.60. The van der Waals surface area contributed by atoms with Gasteiger partial charge in [-0.25, -0.2) is 22.8 Å². The number of thiazole rings is 1. The van der Waals surface area contributed by atoms with Gasteiger partial charge < -0.3 is 4.74 Å². The second-order valence-electron chi connectivity index (χ2n) is 9.78. The van der Waals surface area contributed by atoms with Crippen LogP contribution in [0.15, 0.2) is 76.0 Å². The van der Waals surface area contributed by atoms with Crippen LogP contribution in [0.25, 0.3) is 11.3 Å². The summed E-state index contributed by atoms with van der Waals surface area (Å²) in [6.07, 6.45) is 2.23. The number of benzene rings is 3. The SMILES string of the molecule is COc1ccc(C2=NN(c3nc(-c4ccc(S(=O)(=O)N5CCCC5)cc4)cs3)[C@@H](c3ccc(Cl)cc3Cl)C2)cc1F. The number of sulfonamides is 1. The fraction of sp³-hybridized carbons (Fsp3) is 0.241. The highest BCUT2D eigenvalue weighted by molar-refractivity contribution is 7.89. The van der Waals surface area contributed by atoms with Crippen LogP contribution in [0.3, 0.4) is 0 Å². The van der Waals surface area contributed by atoms with E-state index in [1.807, 2.05) is 11.4 Å². The maximum atomic E-state index is 14.6. The lowest BCUT2D eigenvalue weighted by Gasteiger charge is -2.22. The lowest BCUT2D eigenvalue weighted by Crippen LogP contribution is -2.27. The molecule has 0 spiro atoms. The molecule has 12 heteroatoms. The molecule has 2 aliphatic rings. The van der Waals surface area contributed by atoms with Crippen LogP contribution in [0.4, 0.5) is 9.52 Å². The quantitative estimate of drug-likeness (QED) is 0.213. The summed E-state index contributed by atoms with van der Waals surface area (Å²) in [6, 6.07) is 16.6. The highest BCUT2D eigenvalue weighted by Gasteiger charge is 2.33. The maximum absolute atomic E-state index is 14.6. The zero-order valence-corrected chi connectivity index (χ0v) is 25.1. The maximum Gasteiger partial charge on any atom is 0.243 e. The minimum atomic E-state index is -3.50. The van der Waals surface area contributed by atoms with E-state index in [4.69, 9.17) is 38.0 Å². The number of methoxy groups -OCH3 is 1. The van der Waals surface area contributed by atoms with Gasteiger partial charge in [-0.3, -0.25) is 0 Å². The van der Waals surface area contributed by atoms with Gasteiger partial charge in [0.1, 0.15) is 0 Å². The minimum Gasteiger partial charge on any atom is -0.494 e. The van der Waals surface area contributed by atoms with Crippen molar-refractivity contribution in [2.45, 2.75) is 30.2 Å². The average Bonchev–Trinajstić information content (AvgIpc) is 3.74. The Morgan fingerprint density at radius 2 is 1.73 bits per heavy atom. The lowest BCUT2D eigenvalue weighted by molar-refractivity contribution is 0.386. The Hall–Kier alpha value is -3.02. The summed E-state index contributed by atoms with van der Waals surface area (Å²) in [5, 5.41) is 10.2. The van der Waals surface area contributed by atoms with Gasteiger partial charge in [-0.1, -0.05) is 41.4 Å². The lowest BCUT2D eigenvalue weighted by atomic mass is 9.98. The monoisotopic (exact) mass is 630 g/mol. The topological polar surface area (TPSA) is 75.1 Å². The number of ether oxygens (including phenoxy) is 1. The average molecular weight is 632 g/mol. The van der Waals surface area contributed by atoms with E-state index in [0.29, 0.717) is 51.7 Å². The van der Waals surface area contributed by atoms with Gasteiger partial charge in [0.2, 0.25) is 15.2 Å². The van der Waals surface area contributed by atoms with Crippen LogP contribution in [0.2, 0.25) is 10.0 Å². The molecule has 1 aromatic heterocycles. The van der Waals surface area contributed by atoms with Crippen LogP contribution in [0.1, 0.15) is 36.4 Å². The van der Waals surface area contributed by atoms with Crippen molar-refractivity contribution in [1.82, 2.24) is 9.29 Å². The molecule has 0 amide bonds. The summed E-state index contributed by atoms with van der Waals surface area (Å²) in [4.78, 5) is 5.12. The molecule has 0 unspecified atom stereocenters. The number of aromatic nitrogens is 1. The Morgan fingerprint density at radius 1 is 1.00 bits per heavy atom. The van der Waals surface area contributed by atoms with E-state index in [-0.39, 0.29) is 16.7 Å². The Kier molecular flexibility index (Phi) is 7.78. The molecule has 1 fully saturated rings. The van der Waals surface area contributed by atoms with Crippen molar-refractivity contribution >= 4 is 55.4 Å². The van der Waals surface area contributed by atoms with E-state index in [0.717, 1.165) is 24.0 Å². The third kappa shape index (κ3) is 5.47. The molecule has 3 aromatic carbocycles. The first kappa shape index (κ1) is 28.1. The first-order valence-electron chi connectivity index (χ1n) is 13.0. The normalized spacial score (nSPS) is 17.7. The van der Waals surface area contributed by atoms with Crippen molar-refractivity contribution in [1.29, 1.82) is 0 Å². The van der Waals surface area contributed by atoms with Crippen LogP contribution in [-0.4, -0.2) is 43.6 Å². The van der Waals surface area contributed by atoms with Gasteiger partial charge in [-0.05, 0) is 60.9 Å². The number of hydrazone groups is 1. The second kappa shape index (κ2) is 11.3. The number of hydrogen-bond donors (Lipinski definition) is 0. The number of nitrogens with zero attached hydrogens (tertiary/aromatic N) is 4. The fourth-order valence-electron chi connectivity index (χ4n) is 5.10. The molecule has 41 heavy (non-hydrogen) atoms. The van der Waals surface area contributed by atoms with E-state index < -0.39 is 15.8 Å². The second-order valence-corrected chi connectivity index (χ2v) is 13.4. The van der Waals surface area contributed by atoms with Crippen LogP contribution in [0, 0.1) is 5.82 Å². The van der Waals surface area contributed by atoms with Crippen molar-refractivity contribution in [3.63, 3.8) is 0 Å². The summed E-state index contributed by atoms with van der Waals surface area (Å²) >= 11 is 14.2. The van der Waals surface area contributed by atoms with E-state index in [9.17, 15) is 12.8 Å². The van der Waals surface area contributed by atoms with Crippen LogP contribution in [0.5, 0.6) is 5.75 Å². The number of hydrogen-bond acceptors (Lipinski definition) is 7. The highest BCUT2D eigenvalue weighted by atomic mass is 35.5. The van der Waals surface area contributed by atoms with Crippen LogP contribution in [-0.2, 0) is 10.0 Å². The Labute approximate surface area is 251 Å². The zero-order valence-electron chi connectivity index (χ0n) is 21.9. The molecular formula is C29H25Cl2FN4O3S2. The highest BCUT2D eigenvalue weighted by Crippen LogP contribution is 2.42. The largest absolute Gasteiger partial charge is 0.494 e. The van der Waals surface area contributed by atoms with Crippen LogP contribution < -0.4 is 9.75 Å². The van der Waals surface area contributed by atoms with Crippen molar-refractivity contribution in [3.8, 4) is 17.0 Å². The molecule has 4 aromatic rings. The molecule has 1 saturated heterocycles. The van der Waals surface area contributed by atoms with Gasteiger partial charge >= 0.3 is 0 Å². The molecule has 3 heterocycles. The van der Waals surface area contributed by atoms with E-state index in [2.05, 4.69) is 0 Å². The Balaban J connectivity index is 1.33. The molecule has 2 aliphatic heterocycles. The summed E-state index contributed by atoms with van der Waals surface area (Å²) in [5.74, 6) is -0.315. The summed E-state index contributed by atoms with van der Waals surface area (Å²) in [6.45, 7) is 1.11. The standard InChI is InChI=1S/C29H25Cl2FN4O3S2/c1-39-28-11-6-19(14-24(28)32)25-16-27(22-10-7-20(30)15-23(22)31)36(34-25)29-33-26(17-40-29)18-4-8-21(9-5-18)41(37,38)35-12-2-3-13-35/h4-11,14-15,17,27H,2-3,12-13,16H2,1H3/t27-/m1/s1. The predicted molar refractivity (Wildman–Crippen MR) is 161 cm³/mol. The molecule has 0 saturated carbocycles. The smallest absolute Gasteiger partial charge is 0.243 e. The van der Waals surface area contributed by atoms with E-state index in [1.54, 1.807) is 53.5 Å². The van der Waals surface area contributed by atoms with Crippen LogP contribution >= 0.6 is 34.5 Å². The van der Waals surface area contributed by atoms with Gasteiger partial charge in [-0.2, -0.15) is 9.41 Å². The fourth-order valence-corrected chi connectivity index (χ4v) is 7.98. The van der Waals surface area contributed by atoms with Gasteiger partial charge in [0.05, 0.1) is 29.5 Å². The first-order valence-corrected chi connectivity index (χ1v) is 16.0. The summed E-state index contributed by atoms with van der Waals surface area (Å²) < 4.78 is 47.0. The van der Waals surface area contributed by atoms with Gasteiger partial charge in [0.25, 0.3) is 0 Å². The van der Waals surface area contributed by atoms with Gasteiger partial charge in [0.15, 0.2) is 11.6 Å². The van der Waals surface area contributed by atoms with Crippen molar-refractivity contribution in [2.24, 2.45) is 5.10 Å². The molecule has 7 nitrogen and oxygen atoms in total. The van der Waals surface area contributed by atoms with Crippen molar-refractivity contribution < 1.29 is 17.5 Å². The molecule has 0 aliphatic carbocycles.